The van der Waals surface area contributed by atoms with Gasteiger partial charge in [0.05, 0.1) is 10.7 Å². The van der Waals surface area contributed by atoms with E-state index in [1.54, 1.807) is 0 Å². The number of phenols is 1. The van der Waals surface area contributed by atoms with Crippen molar-refractivity contribution in [2.24, 2.45) is 0 Å². The van der Waals surface area contributed by atoms with Crippen molar-refractivity contribution in [3.8, 4) is 5.75 Å². The lowest BCUT2D eigenvalue weighted by Gasteiger charge is -2.04. The van der Waals surface area contributed by atoms with Crippen LogP contribution in [0.2, 0.25) is 5.02 Å². The summed E-state index contributed by atoms with van der Waals surface area (Å²) in [4.78, 5) is -0.524. The van der Waals surface area contributed by atoms with Gasteiger partial charge >= 0.3 is 0 Å². The van der Waals surface area contributed by atoms with Crippen LogP contribution in [0.15, 0.2) is 17.0 Å². The summed E-state index contributed by atoms with van der Waals surface area (Å²) in [5, 5.41) is 8.62. The van der Waals surface area contributed by atoms with Crippen molar-refractivity contribution in [2.45, 2.75) is 4.90 Å². The molecule has 13 heavy (non-hydrogen) atoms. The van der Waals surface area contributed by atoms with Crippen LogP contribution in [0.4, 0.5) is 5.69 Å². The highest BCUT2D eigenvalue weighted by molar-refractivity contribution is 7.86. The number of aromatic hydroxyl groups is 1. The molecule has 0 atom stereocenters. The Bertz CT molecular complexity index is 442. The highest BCUT2D eigenvalue weighted by Gasteiger charge is 2.17. The number of nitrogens with two attached hydrogens (primary N) is 1. The first-order valence-corrected chi connectivity index (χ1v) is 4.90. The van der Waals surface area contributed by atoms with E-state index in [2.05, 4.69) is 0 Å². The summed E-state index contributed by atoms with van der Waals surface area (Å²) in [6, 6.07) is 1.99. The van der Waals surface area contributed by atoms with Gasteiger partial charge in [-0.1, -0.05) is 11.6 Å². The molecular weight excluding hydrogens is 218 g/mol. The number of halogens is 1. The average Bonchev–Trinajstić information content (AvgIpc) is 1.98. The highest BCUT2D eigenvalue weighted by Crippen LogP contribution is 2.33. The number of hydrogen-bond acceptors (Lipinski definition) is 4. The van der Waals surface area contributed by atoms with Crippen LogP contribution in [-0.4, -0.2) is 18.1 Å². The molecule has 0 radical (unpaired) electrons. The molecule has 5 nitrogen and oxygen atoms in total. The number of rotatable bonds is 1. The predicted octanol–water partition coefficient (Wildman–Crippen LogP) is 0.875. The number of nitrogen functional groups attached to an aromatic ring is 1. The number of hydrogen-bond donors (Lipinski definition) is 3. The van der Waals surface area contributed by atoms with Crippen LogP contribution < -0.4 is 5.73 Å². The van der Waals surface area contributed by atoms with E-state index in [1.807, 2.05) is 0 Å². The zero-order valence-electron chi connectivity index (χ0n) is 6.23. The molecule has 0 aromatic heterocycles. The lowest BCUT2D eigenvalue weighted by Crippen LogP contribution is -2.01. The molecule has 0 heterocycles. The first kappa shape index (κ1) is 10.1. The third-order valence-electron chi connectivity index (χ3n) is 1.40. The second kappa shape index (κ2) is 3.06. The average molecular weight is 224 g/mol. The van der Waals surface area contributed by atoms with E-state index in [0.717, 1.165) is 12.1 Å². The van der Waals surface area contributed by atoms with Crippen molar-refractivity contribution in [1.82, 2.24) is 0 Å². The summed E-state index contributed by atoms with van der Waals surface area (Å²) >= 11 is 5.46. The zero-order valence-corrected chi connectivity index (χ0v) is 7.80. The number of benzene rings is 1. The van der Waals surface area contributed by atoms with Crippen molar-refractivity contribution in [3.05, 3.63) is 17.2 Å². The van der Waals surface area contributed by atoms with Crippen molar-refractivity contribution in [2.75, 3.05) is 5.73 Å². The Morgan fingerprint density at radius 1 is 1.38 bits per heavy atom. The minimum absolute atomic E-state index is 0.281. The SMILES string of the molecule is Nc1c(O)ccc(S(=O)(=O)O)c1Cl. The van der Waals surface area contributed by atoms with E-state index in [-0.39, 0.29) is 16.5 Å². The van der Waals surface area contributed by atoms with E-state index >= 15 is 0 Å². The highest BCUT2D eigenvalue weighted by atomic mass is 35.5. The van der Waals surface area contributed by atoms with E-state index in [0.29, 0.717) is 0 Å². The van der Waals surface area contributed by atoms with Crippen LogP contribution in [0.25, 0.3) is 0 Å². The van der Waals surface area contributed by atoms with Crippen molar-refractivity contribution < 1.29 is 18.1 Å². The van der Waals surface area contributed by atoms with Gasteiger partial charge in [-0.05, 0) is 12.1 Å². The van der Waals surface area contributed by atoms with E-state index in [1.165, 1.54) is 0 Å². The topological polar surface area (TPSA) is 101 Å². The largest absolute Gasteiger partial charge is 0.506 e. The van der Waals surface area contributed by atoms with Gasteiger partial charge in [-0.15, -0.1) is 0 Å². The molecule has 4 N–H and O–H groups in total. The monoisotopic (exact) mass is 223 g/mol. The molecule has 0 amide bonds. The molecule has 0 bridgehead atoms. The molecule has 7 heteroatoms. The maximum absolute atomic E-state index is 10.7. The molecule has 1 aromatic carbocycles. The van der Waals surface area contributed by atoms with Crippen LogP contribution in [0.5, 0.6) is 5.75 Å². The van der Waals surface area contributed by atoms with E-state index < -0.39 is 15.0 Å². The molecule has 0 aliphatic rings. The lowest BCUT2D eigenvalue weighted by molar-refractivity contribution is 0.475. The molecule has 0 spiro atoms. The Kier molecular flexibility index (Phi) is 2.38. The summed E-state index contributed by atoms with van der Waals surface area (Å²) in [6.45, 7) is 0. The van der Waals surface area contributed by atoms with Crippen LogP contribution in [0, 0.1) is 0 Å². The van der Waals surface area contributed by atoms with Crippen molar-refractivity contribution >= 4 is 27.4 Å². The summed E-state index contributed by atoms with van der Waals surface area (Å²) < 4.78 is 29.9. The smallest absolute Gasteiger partial charge is 0.296 e. The zero-order chi connectivity index (χ0) is 10.2. The molecular formula is C6H6ClNO4S. The van der Waals surface area contributed by atoms with Crippen LogP contribution >= 0.6 is 11.6 Å². The van der Waals surface area contributed by atoms with Gasteiger partial charge in [0.15, 0.2) is 0 Å². The van der Waals surface area contributed by atoms with Gasteiger partial charge < -0.3 is 10.8 Å². The minimum Gasteiger partial charge on any atom is -0.506 e. The second-order valence-electron chi connectivity index (χ2n) is 2.29. The normalized spacial score (nSPS) is 11.5. The molecule has 1 rings (SSSR count). The Morgan fingerprint density at radius 2 is 1.92 bits per heavy atom. The Labute approximate surface area is 79.5 Å². The van der Waals surface area contributed by atoms with E-state index in [4.69, 9.17) is 27.0 Å². The molecule has 0 unspecified atom stereocenters. The van der Waals surface area contributed by atoms with Crippen molar-refractivity contribution in [1.29, 1.82) is 0 Å². The third kappa shape index (κ3) is 1.85. The summed E-state index contributed by atoms with van der Waals surface area (Å²) in [5.41, 5.74) is 4.94. The minimum atomic E-state index is -4.40. The molecule has 0 saturated carbocycles. The van der Waals surface area contributed by atoms with Gasteiger partial charge in [0.1, 0.15) is 10.6 Å². The molecule has 72 valence electrons. The lowest BCUT2D eigenvalue weighted by atomic mass is 10.3. The number of phenolic OH excluding ortho intramolecular Hbond substituents is 1. The van der Waals surface area contributed by atoms with Crippen LogP contribution in [-0.2, 0) is 10.1 Å². The van der Waals surface area contributed by atoms with Gasteiger partial charge in [-0.3, -0.25) is 4.55 Å². The molecule has 0 aliphatic carbocycles. The van der Waals surface area contributed by atoms with Crippen LogP contribution in [0.3, 0.4) is 0 Å². The molecule has 1 aromatic rings. The fourth-order valence-corrected chi connectivity index (χ4v) is 1.79. The van der Waals surface area contributed by atoms with E-state index in [9.17, 15) is 8.42 Å². The first-order valence-electron chi connectivity index (χ1n) is 3.08. The maximum atomic E-state index is 10.7. The van der Waals surface area contributed by atoms with Gasteiger partial charge in [0, 0.05) is 0 Å². The summed E-state index contributed by atoms with van der Waals surface area (Å²) in [5.74, 6) is -0.336. The Balaban J connectivity index is 3.53. The summed E-state index contributed by atoms with van der Waals surface area (Å²) in [7, 11) is -4.40. The summed E-state index contributed by atoms with van der Waals surface area (Å²) in [6.07, 6.45) is 0. The fraction of sp³-hybridized carbons (Fsp3) is 0. The molecule has 0 fully saturated rings. The standard InChI is InChI=1S/C6H6ClNO4S/c7-5-4(13(10,11)12)2-1-3(9)6(5)8/h1-2,9H,8H2,(H,10,11,12). The predicted molar refractivity (Wildman–Crippen MR) is 47.3 cm³/mol. The fourth-order valence-electron chi connectivity index (χ4n) is 0.762. The third-order valence-corrected chi connectivity index (χ3v) is 2.81. The second-order valence-corrected chi connectivity index (χ2v) is 4.05. The maximum Gasteiger partial charge on any atom is 0.296 e. The Hall–Kier alpha value is -0.980. The molecule has 0 aliphatic heterocycles. The van der Waals surface area contributed by atoms with Gasteiger partial charge in [-0.25, -0.2) is 0 Å². The quantitative estimate of drug-likeness (QED) is 0.373. The Morgan fingerprint density at radius 3 is 2.38 bits per heavy atom. The number of anilines is 1. The van der Waals surface area contributed by atoms with Gasteiger partial charge in [0.25, 0.3) is 10.1 Å². The van der Waals surface area contributed by atoms with Gasteiger partial charge in [0.2, 0.25) is 0 Å². The molecule has 0 saturated heterocycles. The van der Waals surface area contributed by atoms with Crippen LogP contribution in [0.1, 0.15) is 0 Å². The van der Waals surface area contributed by atoms with Crippen molar-refractivity contribution in [3.63, 3.8) is 0 Å². The van der Waals surface area contributed by atoms with Gasteiger partial charge in [-0.2, -0.15) is 8.42 Å². The first-order chi connectivity index (χ1) is 5.84.